The van der Waals surface area contributed by atoms with Crippen molar-refractivity contribution in [2.45, 2.75) is 6.92 Å². The average Bonchev–Trinajstić information content (AvgIpc) is 2.60. The Kier molecular flexibility index (Phi) is 5.91. The monoisotopic (exact) mass is 336 g/mol. The fourth-order valence-electron chi connectivity index (χ4n) is 2.08. The number of nitriles is 1. The number of aliphatic carboxylic acids is 1. The van der Waals surface area contributed by atoms with Gasteiger partial charge in [-0.15, -0.1) is 0 Å². The highest BCUT2D eigenvalue weighted by atomic mass is 16.5. The Morgan fingerprint density at radius 2 is 1.88 bits per heavy atom. The first-order valence-electron chi connectivity index (χ1n) is 7.43. The predicted molar refractivity (Wildman–Crippen MR) is 93.0 cm³/mol. The lowest BCUT2D eigenvalue weighted by molar-refractivity contribution is -0.139. The van der Waals surface area contributed by atoms with Crippen LogP contribution in [0.5, 0.6) is 5.75 Å². The number of ether oxygens (including phenoxy) is 1. The average molecular weight is 336 g/mol. The molecule has 0 aliphatic heterocycles. The van der Waals surface area contributed by atoms with Gasteiger partial charge in [0.25, 0.3) is 5.91 Å². The van der Waals surface area contributed by atoms with E-state index in [0.29, 0.717) is 11.3 Å². The van der Waals surface area contributed by atoms with Crippen molar-refractivity contribution < 1.29 is 19.4 Å². The van der Waals surface area contributed by atoms with E-state index in [9.17, 15) is 14.9 Å². The van der Waals surface area contributed by atoms with E-state index in [1.54, 1.807) is 36.4 Å². The first-order chi connectivity index (χ1) is 12.0. The van der Waals surface area contributed by atoms with Crippen molar-refractivity contribution in [1.82, 2.24) is 0 Å². The molecular formula is C19H16N2O4. The number of nitrogens with one attached hydrogen (secondary N) is 1. The molecule has 0 heterocycles. The minimum Gasteiger partial charge on any atom is -0.481 e. The third-order valence-corrected chi connectivity index (χ3v) is 3.33. The van der Waals surface area contributed by atoms with Gasteiger partial charge in [-0.2, -0.15) is 5.26 Å². The number of nitrogens with zero attached hydrogens (tertiary/aromatic N) is 1. The lowest BCUT2D eigenvalue weighted by atomic mass is 10.1. The van der Waals surface area contributed by atoms with Gasteiger partial charge in [-0.1, -0.05) is 36.4 Å². The van der Waals surface area contributed by atoms with Gasteiger partial charge in [0.2, 0.25) is 0 Å². The van der Waals surface area contributed by atoms with Gasteiger partial charge in [0, 0.05) is 11.3 Å². The highest BCUT2D eigenvalue weighted by Crippen LogP contribution is 2.22. The summed E-state index contributed by atoms with van der Waals surface area (Å²) in [6.07, 6.45) is 1.37. The SMILES string of the molecule is Cc1ccccc1NC(=O)/C(C#N)=C\c1ccccc1OCC(=O)O. The van der Waals surface area contributed by atoms with Crippen LogP contribution in [0.4, 0.5) is 5.69 Å². The summed E-state index contributed by atoms with van der Waals surface area (Å²) in [6.45, 7) is 1.34. The molecule has 0 aliphatic rings. The van der Waals surface area contributed by atoms with Gasteiger partial charge in [-0.25, -0.2) is 4.79 Å². The summed E-state index contributed by atoms with van der Waals surface area (Å²) in [5.74, 6) is -1.39. The Bertz CT molecular complexity index is 866. The van der Waals surface area contributed by atoms with E-state index in [2.05, 4.69) is 5.32 Å². The molecule has 126 valence electrons. The number of carboxylic acids is 1. The molecule has 2 rings (SSSR count). The molecule has 25 heavy (non-hydrogen) atoms. The molecule has 0 fully saturated rings. The molecule has 0 unspecified atom stereocenters. The van der Waals surface area contributed by atoms with Gasteiger partial charge in [-0.05, 0) is 30.7 Å². The number of para-hydroxylation sites is 2. The molecule has 2 aromatic carbocycles. The van der Waals surface area contributed by atoms with Gasteiger partial charge in [-0.3, -0.25) is 4.79 Å². The quantitative estimate of drug-likeness (QED) is 0.624. The highest BCUT2D eigenvalue weighted by molar-refractivity contribution is 6.10. The largest absolute Gasteiger partial charge is 0.481 e. The summed E-state index contributed by atoms with van der Waals surface area (Å²) in [6, 6.07) is 15.7. The second-order valence-electron chi connectivity index (χ2n) is 5.16. The maximum atomic E-state index is 12.3. The van der Waals surface area contributed by atoms with E-state index in [-0.39, 0.29) is 11.3 Å². The number of amides is 1. The van der Waals surface area contributed by atoms with Crippen LogP contribution in [0.1, 0.15) is 11.1 Å². The Balaban J connectivity index is 2.25. The molecule has 0 radical (unpaired) electrons. The Morgan fingerprint density at radius 3 is 2.56 bits per heavy atom. The van der Waals surface area contributed by atoms with Crippen molar-refractivity contribution in [2.24, 2.45) is 0 Å². The summed E-state index contributed by atoms with van der Waals surface area (Å²) in [5, 5.41) is 20.7. The van der Waals surface area contributed by atoms with Gasteiger partial charge in [0.05, 0.1) is 0 Å². The smallest absolute Gasteiger partial charge is 0.341 e. The van der Waals surface area contributed by atoms with Crippen molar-refractivity contribution in [3.05, 3.63) is 65.2 Å². The number of anilines is 1. The van der Waals surface area contributed by atoms with E-state index >= 15 is 0 Å². The second kappa shape index (κ2) is 8.31. The molecule has 2 N–H and O–H groups in total. The van der Waals surface area contributed by atoms with Crippen LogP contribution in [-0.4, -0.2) is 23.6 Å². The first-order valence-corrected chi connectivity index (χ1v) is 7.43. The Labute approximate surface area is 145 Å². The summed E-state index contributed by atoms with van der Waals surface area (Å²) >= 11 is 0. The van der Waals surface area contributed by atoms with Gasteiger partial charge in [0.15, 0.2) is 6.61 Å². The predicted octanol–water partition coefficient (Wildman–Crippen LogP) is 3.00. The molecular weight excluding hydrogens is 320 g/mol. The first kappa shape index (κ1) is 17.8. The van der Waals surface area contributed by atoms with Crippen LogP contribution in [0.25, 0.3) is 6.08 Å². The van der Waals surface area contributed by atoms with Crippen molar-refractivity contribution in [3.63, 3.8) is 0 Å². The van der Waals surface area contributed by atoms with Crippen LogP contribution < -0.4 is 10.1 Å². The maximum Gasteiger partial charge on any atom is 0.341 e. The fraction of sp³-hybridized carbons (Fsp3) is 0.105. The number of hydrogen-bond acceptors (Lipinski definition) is 4. The lowest BCUT2D eigenvalue weighted by Crippen LogP contribution is -2.14. The Morgan fingerprint density at radius 1 is 1.20 bits per heavy atom. The van der Waals surface area contributed by atoms with E-state index in [4.69, 9.17) is 9.84 Å². The van der Waals surface area contributed by atoms with Gasteiger partial charge < -0.3 is 15.2 Å². The Hall–Kier alpha value is -3.59. The van der Waals surface area contributed by atoms with Crippen LogP contribution in [0.3, 0.4) is 0 Å². The van der Waals surface area contributed by atoms with Crippen molar-refractivity contribution in [1.29, 1.82) is 5.26 Å². The number of benzene rings is 2. The van der Waals surface area contributed by atoms with Crippen molar-refractivity contribution in [3.8, 4) is 11.8 Å². The van der Waals surface area contributed by atoms with Crippen LogP contribution in [-0.2, 0) is 9.59 Å². The fourth-order valence-corrected chi connectivity index (χ4v) is 2.08. The number of aryl methyl sites for hydroxylation is 1. The zero-order chi connectivity index (χ0) is 18.2. The topological polar surface area (TPSA) is 99.4 Å². The van der Waals surface area contributed by atoms with Crippen LogP contribution in [0, 0.1) is 18.3 Å². The molecule has 1 amide bonds. The minimum absolute atomic E-state index is 0.116. The molecule has 0 aliphatic carbocycles. The van der Waals surface area contributed by atoms with Gasteiger partial charge in [0.1, 0.15) is 17.4 Å². The summed E-state index contributed by atoms with van der Waals surface area (Å²) in [4.78, 5) is 23.0. The molecule has 0 saturated carbocycles. The number of rotatable bonds is 6. The molecule has 0 saturated heterocycles. The van der Waals surface area contributed by atoms with Crippen molar-refractivity contribution in [2.75, 3.05) is 11.9 Å². The molecule has 2 aromatic rings. The molecule has 0 bridgehead atoms. The highest BCUT2D eigenvalue weighted by Gasteiger charge is 2.12. The van der Waals surface area contributed by atoms with Gasteiger partial charge >= 0.3 is 5.97 Å². The molecule has 0 atom stereocenters. The van der Waals surface area contributed by atoms with Crippen LogP contribution >= 0.6 is 0 Å². The zero-order valence-corrected chi connectivity index (χ0v) is 13.5. The third kappa shape index (κ3) is 4.94. The molecule has 0 aromatic heterocycles. The molecule has 6 nitrogen and oxygen atoms in total. The third-order valence-electron chi connectivity index (χ3n) is 3.33. The van der Waals surface area contributed by atoms with E-state index in [0.717, 1.165) is 5.56 Å². The normalized spacial score (nSPS) is 10.6. The molecule has 0 spiro atoms. The zero-order valence-electron chi connectivity index (χ0n) is 13.5. The van der Waals surface area contributed by atoms with E-state index in [1.165, 1.54) is 6.08 Å². The maximum absolute atomic E-state index is 12.3. The minimum atomic E-state index is -1.11. The van der Waals surface area contributed by atoms with E-state index in [1.807, 2.05) is 25.1 Å². The summed E-state index contributed by atoms with van der Waals surface area (Å²) in [7, 11) is 0. The van der Waals surface area contributed by atoms with Crippen LogP contribution in [0.2, 0.25) is 0 Å². The number of carbonyl (C=O) groups excluding carboxylic acids is 1. The van der Waals surface area contributed by atoms with E-state index < -0.39 is 18.5 Å². The van der Waals surface area contributed by atoms with Crippen LogP contribution in [0.15, 0.2) is 54.1 Å². The summed E-state index contributed by atoms with van der Waals surface area (Å²) < 4.78 is 5.18. The standard InChI is InChI=1S/C19H16N2O4/c1-13-6-2-4-8-16(13)21-19(24)15(11-20)10-14-7-3-5-9-17(14)25-12-18(22)23/h2-10H,12H2,1H3,(H,21,24)(H,22,23)/b15-10-. The molecule has 6 heteroatoms. The number of hydrogen-bond donors (Lipinski definition) is 2. The number of carboxylic acid groups (broad SMARTS) is 1. The second-order valence-corrected chi connectivity index (χ2v) is 5.16. The van der Waals surface area contributed by atoms with Crippen molar-refractivity contribution >= 4 is 23.6 Å². The summed E-state index contributed by atoms with van der Waals surface area (Å²) in [5.41, 5.74) is 1.82. The number of carbonyl (C=O) groups is 2. The lowest BCUT2D eigenvalue weighted by Gasteiger charge is -2.09.